The smallest absolute Gasteiger partial charge is 0.254 e. The second-order valence-electron chi connectivity index (χ2n) is 7.08. The summed E-state index contributed by atoms with van der Waals surface area (Å²) in [6, 6.07) is 16.8. The zero-order valence-corrected chi connectivity index (χ0v) is 16.5. The highest BCUT2D eigenvalue weighted by molar-refractivity contribution is 5.99. The molecule has 1 atom stereocenters. The number of anilines is 2. The fraction of sp³-hybridized carbons (Fsp3) is 0.333. The summed E-state index contributed by atoms with van der Waals surface area (Å²) < 4.78 is 0. The van der Waals surface area contributed by atoms with Gasteiger partial charge in [-0.25, -0.2) is 0 Å². The molecule has 2 heterocycles. The van der Waals surface area contributed by atoms with E-state index in [-0.39, 0.29) is 30.3 Å². The second-order valence-corrected chi connectivity index (χ2v) is 7.08. The number of nitrogen functional groups attached to an aromatic ring is 1. The first-order valence-corrected chi connectivity index (χ1v) is 9.39. The number of nitrogens with two attached hydrogens (primary N) is 1. The monoisotopic (exact) mass is 400 g/mol. The average molecular weight is 401 g/mol. The Morgan fingerprint density at radius 3 is 2.32 bits per heavy atom. The minimum absolute atomic E-state index is 0. The summed E-state index contributed by atoms with van der Waals surface area (Å²) in [6.07, 6.45) is 0.830. The van der Waals surface area contributed by atoms with Crippen molar-refractivity contribution in [1.82, 2.24) is 9.80 Å². The number of hydrogen-bond acceptors (Lipinski definition) is 4. The molecule has 148 valence electrons. The number of piperazine rings is 1. The van der Waals surface area contributed by atoms with Crippen LogP contribution in [0, 0.1) is 0 Å². The van der Waals surface area contributed by atoms with E-state index in [1.165, 1.54) is 0 Å². The Hall–Kier alpha value is -2.57. The van der Waals surface area contributed by atoms with Gasteiger partial charge >= 0.3 is 0 Å². The van der Waals surface area contributed by atoms with Crippen LogP contribution in [0.25, 0.3) is 0 Å². The number of carbonyl (C=O) groups excluding carboxylic acids is 2. The van der Waals surface area contributed by atoms with Crippen LogP contribution in [-0.2, 0) is 4.79 Å². The van der Waals surface area contributed by atoms with Crippen molar-refractivity contribution in [2.45, 2.75) is 12.5 Å². The van der Waals surface area contributed by atoms with Gasteiger partial charge in [-0.15, -0.1) is 12.4 Å². The largest absolute Gasteiger partial charge is 0.399 e. The maximum Gasteiger partial charge on any atom is 0.254 e. The van der Waals surface area contributed by atoms with Gasteiger partial charge in [-0.2, -0.15) is 0 Å². The summed E-state index contributed by atoms with van der Waals surface area (Å²) in [6.45, 7) is 3.43. The molecule has 28 heavy (non-hydrogen) atoms. The highest BCUT2D eigenvalue weighted by Gasteiger charge is 2.38. The molecule has 2 amide bonds. The van der Waals surface area contributed by atoms with E-state index in [4.69, 9.17) is 5.73 Å². The maximum absolute atomic E-state index is 12.9. The third-order valence-electron chi connectivity index (χ3n) is 5.42. The van der Waals surface area contributed by atoms with Gasteiger partial charge in [0.1, 0.15) is 0 Å². The van der Waals surface area contributed by atoms with Crippen LogP contribution in [0.15, 0.2) is 54.6 Å². The first kappa shape index (κ1) is 20.2. The first-order valence-electron chi connectivity index (χ1n) is 9.39. The number of halogens is 1. The molecule has 0 radical (unpaired) electrons. The van der Waals surface area contributed by atoms with Gasteiger partial charge in [-0.05, 0) is 36.8 Å². The fourth-order valence-corrected chi connectivity index (χ4v) is 3.96. The van der Waals surface area contributed by atoms with Gasteiger partial charge < -0.3 is 15.5 Å². The molecular formula is C21H25ClN4O2. The predicted octanol–water partition coefficient (Wildman–Crippen LogP) is 2.25. The van der Waals surface area contributed by atoms with Gasteiger partial charge in [-0.3, -0.25) is 14.5 Å². The summed E-state index contributed by atoms with van der Waals surface area (Å²) in [5.74, 6) is 0.169. The highest BCUT2D eigenvalue weighted by Crippen LogP contribution is 2.25. The van der Waals surface area contributed by atoms with Crippen molar-refractivity contribution in [2.75, 3.05) is 43.4 Å². The van der Waals surface area contributed by atoms with Gasteiger partial charge in [0, 0.05) is 49.7 Å². The van der Waals surface area contributed by atoms with Crippen LogP contribution in [0.4, 0.5) is 11.4 Å². The molecule has 0 aromatic heterocycles. The van der Waals surface area contributed by atoms with E-state index in [0.29, 0.717) is 37.4 Å². The lowest BCUT2D eigenvalue weighted by atomic mass is 10.1. The molecule has 0 bridgehead atoms. The van der Waals surface area contributed by atoms with Crippen LogP contribution in [0.3, 0.4) is 0 Å². The Morgan fingerprint density at radius 1 is 0.929 bits per heavy atom. The topological polar surface area (TPSA) is 69.9 Å². The van der Waals surface area contributed by atoms with Crippen molar-refractivity contribution in [3.63, 3.8) is 0 Å². The highest BCUT2D eigenvalue weighted by atomic mass is 35.5. The molecular weight excluding hydrogens is 376 g/mol. The number of hydrogen-bond donors (Lipinski definition) is 1. The molecule has 2 fully saturated rings. The molecule has 2 aromatic rings. The zero-order chi connectivity index (χ0) is 18.8. The molecule has 4 rings (SSSR count). The molecule has 2 N–H and O–H groups in total. The van der Waals surface area contributed by atoms with Crippen LogP contribution in [0.1, 0.15) is 16.8 Å². The minimum atomic E-state index is -0.0881. The lowest BCUT2D eigenvalue weighted by Crippen LogP contribution is -2.53. The summed E-state index contributed by atoms with van der Waals surface area (Å²) in [5, 5.41) is 0. The molecule has 2 aromatic carbocycles. The summed E-state index contributed by atoms with van der Waals surface area (Å²) in [5.41, 5.74) is 7.96. The van der Waals surface area contributed by atoms with E-state index in [9.17, 15) is 9.59 Å². The SMILES string of the molecule is Cl.Nc1cccc(C(=O)N2CCN(C3CCN(c4ccccc4)C3=O)CC2)c1. The number of nitrogens with zero attached hydrogens (tertiary/aromatic N) is 3. The molecule has 1 unspecified atom stereocenters. The van der Waals surface area contributed by atoms with Crippen molar-refractivity contribution >= 4 is 35.6 Å². The van der Waals surface area contributed by atoms with Crippen LogP contribution in [0.5, 0.6) is 0 Å². The first-order chi connectivity index (χ1) is 13.1. The van der Waals surface area contributed by atoms with E-state index in [0.717, 1.165) is 18.7 Å². The quantitative estimate of drug-likeness (QED) is 0.802. The normalized spacial score (nSPS) is 20.1. The number of benzene rings is 2. The lowest BCUT2D eigenvalue weighted by molar-refractivity contribution is -0.122. The number of rotatable bonds is 3. The van der Waals surface area contributed by atoms with Crippen molar-refractivity contribution in [3.8, 4) is 0 Å². The van der Waals surface area contributed by atoms with E-state index in [1.807, 2.05) is 40.1 Å². The standard InChI is InChI=1S/C21H24N4O2.ClH/c22-17-6-4-5-16(15-17)20(26)24-13-11-23(12-14-24)19-9-10-25(21(19)27)18-7-2-1-3-8-18;/h1-8,15,19H,9-14,22H2;1H. The van der Waals surface area contributed by atoms with Gasteiger partial charge in [0.05, 0.1) is 6.04 Å². The van der Waals surface area contributed by atoms with E-state index < -0.39 is 0 Å². The number of amides is 2. The van der Waals surface area contributed by atoms with Crippen LogP contribution < -0.4 is 10.6 Å². The molecule has 2 aliphatic rings. The summed E-state index contributed by atoms with van der Waals surface area (Å²) in [7, 11) is 0. The maximum atomic E-state index is 12.9. The van der Waals surface area contributed by atoms with Crippen molar-refractivity contribution < 1.29 is 9.59 Å². The average Bonchev–Trinajstić information content (AvgIpc) is 3.09. The molecule has 0 saturated carbocycles. The summed E-state index contributed by atoms with van der Waals surface area (Å²) >= 11 is 0. The van der Waals surface area contributed by atoms with Crippen molar-refractivity contribution in [1.29, 1.82) is 0 Å². The number of carbonyl (C=O) groups is 2. The van der Waals surface area contributed by atoms with E-state index in [1.54, 1.807) is 24.3 Å². The Balaban J connectivity index is 0.00000225. The van der Waals surface area contributed by atoms with Gasteiger partial charge in [0.25, 0.3) is 5.91 Å². The summed E-state index contributed by atoms with van der Waals surface area (Å²) in [4.78, 5) is 31.5. The van der Waals surface area contributed by atoms with Crippen LogP contribution in [0.2, 0.25) is 0 Å². The van der Waals surface area contributed by atoms with Crippen LogP contribution in [-0.4, -0.2) is 60.4 Å². The Bertz CT molecular complexity index is 837. The van der Waals surface area contributed by atoms with Crippen LogP contribution >= 0.6 is 12.4 Å². The van der Waals surface area contributed by atoms with E-state index in [2.05, 4.69) is 4.90 Å². The Morgan fingerprint density at radius 2 is 1.64 bits per heavy atom. The third-order valence-corrected chi connectivity index (χ3v) is 5.42. The van der Waals surface area contributed by atoms with E-state index >= 15 is 0 Å². The van der Waals surface area contributed by atoms with Crippen molar-refractivity contribution in [2.24, 2.45) is 0 Å². The minimum Gasteiger partial charge on any atom is -0.399 e. The predicted molar refractivity (Wildman–Crippen MR) is 113 cm³/mol. The van der Waals surface area contributed by atoms with Gasteiger partial charge in [-0.1, -0.05) is 24.3 Å². The second kappa shape index (κ2) is 8.63. The molecule has 0 aliphatic carbocycles. The lowest BCUT2D eigenvalue weighted by Gasteiger charge is -2.37. The Labute approximate surface area is 171 Å². The molecule has 2 saturated heterocycles. The van der Waals surface area contributed by atoms with Crippen molar-refractivity contribution in [3.05, 3.63) is 60.2 Å². The molecule has 6 nitrogen and oxygen atoms in total. The van der Waals surface area contributed by atoms with Gasteiger partial charge in [0.15, 0.2) is 0 Å². The Kier molecular flexibility index (Phi) is 6.21. The number of para-hydroxylation sites is 1. The fourth-order valence-electron chi connectivity index (χ4n) is 3.96. The third kappa shape index (κ3) is 3.98. The zero-order valence-electron chi connectivity index (χ0n) is 15.7. The molecule has 0 spiro atoms. The molecule has 7 heteroatoms. The van der Waals surface area contributed by atoms with Gasteiger partial charge in [0.2, 0.25) is 5.91 Å². The molecule has 2 aliphatic heterocycles.